The molecule has 0 radical (unpaired) electrons. The molecule has 2 N–H and O–H groups in total. The van der Waals surface area contributed by atoms with Gasteiger partial charge in [-0.25, -0.2) is 0 Å². The van der Waals surface area contributed by atoms with Crippen LogP contribution < -0.4 is 10.6 Å². The summed E-state index contributed by atoms with van der Waals surface area (Å²) in [5.74, 6) is 0. The van der Waals surface area contributed by atoms with Gasteiger partial charge in [-0.3, -0.25) is 4.90 Å². The molecule has 1 fully saturated rings. The van der Waals surface area contributed by atoms with E-state index in [-0.39, 0.29) is 11.6 Å². The van der Waals surface area contributed by atoms with Crippen molar-refractivity contribution in [1.29, 1.82) is 0 Å². The van der Waals surface area contributed by atoms with E-state index < -0.39 is 0 Å². The molecular formula is C17H27N3O. The third-order valence-corrected chi connectivity index (χ3v) is 4.92. The molecule has 116 valence electrons. The van der Waals surface area contributed by atoms with Crippen LogP contribution in [0.5, 0.6) is 0 Å². The fourth-order valence-corrected chi connectivity index (χ4v) is 3.69. The molecule has 2 aliphatic heterocycles. The molecule has 0 spiro atoms. The highest BCUT2D eigenvalue weighted by Gasteiger charge is 2.36. The first-order valence-corrected chi connectivity index (χ1v) is 7.91. The second-order valence-electron chi connectivity index (χ2n) is 6.87. The molecule has 1 aromatic rings. The molecule has 0 aliphatic carbocycles. The molecule has 0 saturated carbocycles. The van der Waals surface area contributed by atoms with Gasteiger partial charge in [-0.05, 0) is 37.5 Å². The van der Waals surface area contributed by atoms with Gasteiger partial charge in [-0.1, -0.05) is 12.1 Å². The zero-order valence-corrected chi connectivity index (χ0v) is 13.4. The number of rotatable bonds is 3. The molecule has 1 saturated heterocycles. The quantitative estimate of drug-likeness (QED) is 0.921. The third-order valence-electron chi connectivity index (χ3n) is 4.92. The highest BCUT2D eigenvalue weighted by Crippen LogP contribution is 2.34. The molecule has 1 atom stereocenters. The Labute approximate surface area is 127 Å². The SMILES string of the molecule is CN1CCc2cc(C(CN)N3CCOCC3(C)C)ccc21. The van der Waals surface area contributed by atoms with Crippen molar-refractivity contribution < 1.29 is 4.74 Å². The number of nitrogens with zero attached hydrogens (tertiary/aromatic N) is 2. The first kappa shape index (κ1) is 14.8. The summed E-state index contributed by atoms with van der Waals surface area (Å²) in [5.41, 5.74) is 10.4. The number of hydrogen-bond donors (Lipinski definition) is 1. The van der Waals surface area contributed by atoms with Crippen molar-refractivity contribution in [1.82, 2.24) is 4.90 Å². The van der Waals surface area contributed by atoms with Crippen LogP contribution in [0.15, 0.2) is 18.2 Å². The maximum absolute atomic E-state index is 6.14. The Hall–Kier alpha value is -1.10. The average Bonchev–Trinajstić information content (AvgIpc) is 2.82. The lowest BCUT2D eigenvalue weighted by atomic mass is 9.94. The number of benzene rings is 1. The summed E-state index contributed by atoms with van der Waals surface area (Å²) in [6.45, 7) is 8.79. The maximum atomic E-state index is 6.14. The van der Waals surface area contributed by atoms with Gasteiger partial charge in [0, 0.05) is 44.0 Å². The number of morpholine rings is 1. The summed E-state index contributed by atoms with van der Waals surface area (Å²) in [6.07, 6.45) is 1.14. The molecule has 0 aromatic heterocycles. The molecule has 2 aliphatic rings. The lowest BCUT2D eigenvalue weighted by Crippen LogP contribution is -2.55. The minimum atomic E-state index is 0.0398. The topological polar surface area (TPSA) is 41.7 Å². The Morgan fingerprint density at radius 2 is 2.14 bits per heavy atom. The van der Waals surface area contributed by atoms with Crippen LogP contribution in [0.25, 0.3) is 0 Å². The van der Waals surface area contributed by atoms with Crippen LogP contribution in [-0.4, -0.2) is 50.3 Å². The van der Waals surface area contributed by atoms with E-state index in [9.17, 15) is 0 Å². The molecule has 4 heteroatoms. The van der Waals surface area contributed by atoms with Crippen LogP contribution in [0.1, 0.15) is 31.0 Å². The van der Waals surface area contributed by atoms with E-state index in [0.29, 0.717) is 6.54 Å². The summed E-state index contributed by atoms with van der Waals surface area (Å²) in [4.78, 5) is 4.84. The molecule has 0 bridgehead atoms. The van der Waals surface area contributed by atoms with Gasteiger partial charge in [-0.15, -0.1) is 0 Å². The highest BCUT2D eigenvalue weighted by atomic mass is 16.5. The van der Waals surface area contributed by atoms with E-state index >= 15 is 0 Å². The normalized spacial score (nSPS) is 23.1. The van der Waals surface area contributed by atoms with E-state index in [1.807, 2.05) is 0 Å². The lowest BCUT2D eigenvalue weighted by Gasteiger charge is -2.46. The summed E-state index contributed by atoms with van der Waals surface area (Å²) >= 11 is 0. The molecule has 4 nitrogen and oxygen atoms in total. The largest absolute Gasteiger partial charge is 0.378 e. The summed E-state index contributed by atoms with van der Waals surface area (Å²) in [6, 6.07) is 7.15. The number of anilines is 1. The van der Waals surface area contributed by atoms with Gasteiger partial charge in [0.2, 0.25) is 0 Å². The molecule has 21 heavy (non-hydrogen) atoms. The van der Waals surface area contributed by atoms with Crippen LogP contribution in [0.3, 0.4) is 0 Å². The number of fused-ring (bicyclic) bond motifs is 1. The van der Waals surface area contributed by atoms with E-state index in [2.05, 4.69) is 48.9 Å². The Balaban J connectivity index is 1.90. The molecule has 3 rings (SSSR count). The van der Waals surface area contributed by atoms with Crippen molar-refractivity contribution >= 4 is 5.69 Å². The number of likely N-dealkylation sites (N-methyl/N-ethyl adjacent to an activating group) is 1. The van der Waals surface area contributed by atoms with E-state index in [1.54, 1.807) is 0 Å². The van der Waals surface area contributed by atoms with Crippen LogP contribution in [0.2, 0.25) is 0 Å². The van der Waals surface area contributed by atoms with Gasteiger partial charge in [-0.2, -0.15) is 0 Å². The molecule has 2 heterocycles. The third kappa shape index (κ3) is 2.68. The van der Waals surface area contributed by atoms with Crippen molar-refractivity contribution in [2.24, 2.45) is 5.73 Å². The second kappa shape index (κ2) is 5.59. The van der Waals surface area contributed by atoms with Crippen LogP contribution in [0, 0.1) is 0 Å². The van der Waals surface area contributed by atoms with E-state index in [1.165, 1.54) is 16.8 Å². The van der Waals surface area contributed by atoms with Crippen LogP contribution in [-0.2, 0) is 11.2 Å². The second-order valence-corrected chi connectivity index (χ2v) is 6.87. The first-order chi connectivity index (χ1) is 10.0. The van der Waals surface area contributed by atoms with E-state index in [4.69, 9.17) is 10.5 Å². The minimum Gasteiger partial charge on any atom is -0.378 e. The fourth-order valence-electron chi connectivity index (χ4n) is 3.69. The number of ether oxygens (including phenoxy) is 1. The van der Waals surface area contributed by atoms with Gasteiger partial charge in [0.05, 0.1) is 13.2 Å². The highest BCUT2D eigenvalue weighted by molar-refractivity contribution is 5.58. The Morgan fingerprint density at radius 1 is 1.33 bits per heavy atom. The molecule has 1 aromatic carbocycles. The average molecular weight is 289 g/mol. The van der Waals surface area contributed by atoms with Gasteiger partial charge in [0.25, 0.3) is 0 Å². The fraction of sp³-hybridized carbons (Fsp3) is 0.647. The van der Waals surface area contributed by atoms with Crippen molar-refractivity contribution in [2.75, 3.05) is 44.8 Å². The molecule has 1 unspecified atom stereocenters. The monoisotopic (exact) mass is 289 g/mol. The zero-order valence-electron chi connectivity index (χ0n) is 13.4. The summed E-state index contributed by atoms with van der Waals surface area (Å²) in [5, 5.41) is 0. The van der Waals surface area contributed by atoms with Gasteiger partial charge >= 0.3 is 0 Å². The minimum absolute atomic E-state index is 0.0398. The van der Waals surface area contributed by atoms with E-state index in [0.717, 1.165) is 32.7 Å². The predicted octanol–water partition coefficient (Wildman–Crippen LogP) is 1.79. The summed E-state index contributed by atoms with van der Waals surface area (Å²) in [7, 11) is 2.16. The van der Waals surface area contributed by atoms with Crippen molar-refractivity contribution in [2.45, 2.75) is 31.8 Å². The first-order valence-electron chi connectivity index (χ1n) is 7.91. The van der Waals surface area contributed by atoms with Crippen LogP contribution >= 0.6 is 0 Å². The zero-order chi connectivity index (χ0) is 15.0. The summed E-state index contributed by atoms with van der Waals surface area (Å²) < 4.78 is 5.64. The smallest absolute Gasteiger partial charge is 0.0645 e. The van der Waals surface area contributed by atoms with Crippen molar-refractivity contribution in [3.05, 3.63) is 29.3 Å². The Bertz CT molecular complexity index is 515. The van der Waals surface area contributed by atoms with Gasteiger partial charge in [0.1, 0.15) is 0 Å². The standard InChI is InChI=1S/C17H27N3O/c1-17(2)12-21-9-8-20(17)16(11-18)13-4-5-15-14(10-13)6-7-19(15)3/h4-5,10,16H,6-9,11-12,18H2,1-3H3. The Kier molecular flexibility index (Phi) is 3.95. The maximum Gasteiger partial charge on any atom is 0.0645 e. The Morgan fingerprint density at radius 3 is 2.86 bits per heavy atom. The predicted molar refractivity (Wildman–Crippen MR) is 86.8 cm³/mol. The van der Waals surface area contributed by atoms with Crippen molar-refractivity contribution in [3.8, 4) is 0 Å². The van der Waals surface area contributed by atoms with Gasteiger partial charge < -0.3 is 15.4 Å². The molecular weight excluding hydrogens is 262 g/mol. The van der Waals surface area contributed by atoms with Crippen LogP contribution in [0.4, 0.5) is 5.69 Å². The number of hydrogen-bond acceptors (Lipinski definition) is 4. The van der Waals surface area contributed by atoms with Gasteiger partial charge in [0.15, 0.2) is 0 Å². The number of nitrogens with two attached hydrogens (primary N) is 1. The van der Waals surface area contributed by atoms with Crippen molar-refractivity contribution in [3.63, 3.8) is 0 Å². The lowest BCUT2D eigenvalue weighted by molar-refractivity contribution is -0.0712. The molecule has 0 amide bonds.